The monoisotopic (exact) mass is 328 g/mol. The van der Waals surface area contributed by atoms with Crippen molar-refractivity contribution >= 4 is 11.6 Å². The summed E-state index contributed by atoms with van der Waals surface area (Å²) >= 11 is 0. The minimum absolute atomic E-state index is 0.00780. The van der Waals surface area contributed by atoms with Crippen molar-refractivity contribution in [2.45, 2.75) is 12.5 Å². The van der Waals surface area contributed by atoms with E-state index in [1.165, 1.54) is 12.1 Å². The Bertz CT molecular complexity index is 801. The van der Waals surface area contributed by atoms with Crippen molar-refractivity contribution in [3.63, 3.8) is 0 Å². The summed E-state index contributed by atoms with van der Waals surface area (Å²) in [6, 6.07) is 9.39. The molecule has 1 heterocycles. The summed E-state index contributed by atoms with van der Waals surface area (Å²) in [6.07, 6.45) is 0.249. The summed E-state index contributed by atoms with van der Waals surface area (Å²) in [4.78, 5) is 22.4. The van der Waals surface area contributed by atoms with Gasteiger partial charge in [-0.25, -0.2) is 0 Å². The minimum atomic E-state index is -0.453. The predicted molar refractivity (Wildman–Crippen MR) is 86.3 cm³/mol. The lowest BCUT2D eigenvalue weighted by molar-refractivity contribution is -0.384. The van der Waals surface area contributed by atoms with E-state index in [0.717, 1.165) is 16.7 Å². The normalized spacial score (nSPS) is 16.1. The third-order valence-corrected chi connectivity index (χ3v) is 4.05. The minimum Gasteiger partial charge on any atom is -0.493 e. The number of hydrogen-bond donors (Lipinski definition) is 1. The van der Waals surface area contributed by atoms with Crippen LogP contribution in [0.4, 0.5) is 5.69 Å². The van der Waals surface area contributed by atoms with E-state index in [-0.39, 0.29) is 24.1 Å². The third kappa shape index (κ3) is 2.76. The second kappa shape index (κ2) is 6.19. The molecule has 0 fully saturated rings. The topological polar surface area (TPSA) is 90.7 Å². The number of benzene rings is 2. The Hall–Kier alpha value is -3.09. The van der Waals surface area contributed by atoms with Crippen LogP contribution in [0, 0.1) is 10.1 Å². The Balaban J connectivity index is 2.07. The molecule has 0 aliphatic carbocycles. The molecule has 3 rings (SSSR count). The summed E-state index contributed by atoms with van der Waals surface area (Å²) in [5.41, 5.74) is 2.51. The van der Waals surface area contributed by atoms with Crippen molar-refractivity contribution in [2.75, 3.05) is 14.2 Å². The Morgan fingerprint density at radius 3 is 2.33 bits per heavy atom. The van der Waals surface area contributed by atoms with E-state index in [1.807, 2.05) is 6.07 Å². The predicted octanol–water partition coefficient (Wildman–Crippen LogP) is 2.37. The van der Waals surface area contributed by atoms with E-state index in [9.17, 15) is 14.9 Å². The summed E-state index contributed by atoms with van der Waals surface area (Å²) < 4.78 is 10.6. The van der Waals surface area contributed by atoms with E-state index in [1.54, 1.807) is 32.4 Å². The van der Waals surface area contributed by atoms with Gasteiger partial charge in [0.05, 0.1) is 31.6 Å². The number of ether oxygens (including phenoxy) is 2. The molecule has 0 saturated carbocycles. The van der Waals surface area contributed by atoms with Gasteiger partial charge in [-0.1, -0.05) is 0 Å². The molecule has 0 spiro atoms. The quantitative estimate of drug-likeness (QED) is 0.687. The molecule has 24 heavy (non-hydrogen) atoms. The fourth-order valence-corrected chi connectivity index (χ4v) is 2.87. The molecule has 1 atom stereocenters. The lowest BCUT2D eigenvalue weighted by atomic mass is 9.89. The number of nitrogens with zero attached hydrogens (tertiary/aromatic N) is 1. The summed E-state index contributed by atoms with van der Waals surface area (Å²) in [5.74, 6) is 1.02. The van der Waals surface area contributed by atoms with E-state index in [0.29, 0.717) is 11.5 Å². The summed E-state index contributed by atoms with van der Waals surface area (Å²) in [6.45, 7) is 0. The molecule has 1 N–H and O–H groups in total. The average molecular weight is 328 g/mol. The summed E-state index contributed by atoms with van der Waals surface area (Å²) in [7, 11) is 3.09. The van der Waals surface area contributed by atoms with Crippen LogP contribution in [0.2, 0.25) is 0 Å². The van der Waals surface area contributed by atoms with Crippen LogP contribution in [-0.4, -0.2) is 25.1 Å². The molecule has 0 aromatic heterocycles. The first-order valence-corrected chi connectivity index (χ1v) is 7.32. The molecule has 0 saturated heterocycles. The smallest absolute Gasteiger partial charge is 0.269 e. The number of nitro groups is 1. The number of amides is 1. The van der Waals surface area contributed by atoms with Gasteiger partial charge in [-0.2, -0.15) is 0 Å². The molecule has 1 aliphatic rings. The van der Waals surface area contributed by atoms with Crippen molar-refractivity contribution < 1.29 is 19.2 Å². The van der Waals surface area contributed by atoms with Crippen molar-refractivity contribution in [2.24, 2.45) is 0 Å². The number of methoxy groups -OCH3 is 2. The number of carbonyl (C=O) groups excluding carboxylic acids is 1. The van der Waals surface area contributed by atoms with E-state index >= 15 is 0 Å². The van der Waals surface area contributed by atoms with Gasteiger partial charge in [0.25, 0.3) is 5.69 Å². The van der Waals surface area contributed by atoms with E-state index < -0.39 is 4.92 Å². The van der Waals surface area contributed by atoms with Gasteiger partial charge in [0, 0.05) is 12.1 Å². The third-order valence-electron chi connectivity index (χ3n) is 4.05. The number of fused-ring (bicyclic) bond motifs is 1. The molecule has 1 aliphatic heterocycles. The number of nitro benzene ring substituents is 1. The Labute approximate surface area is 138 Å². The van der Waals surface area contributed by atoms with Crippen LogP contribution in [0.15, 0.2) is 36.4 Å². The largest absolute Gasteiger partial charge is 0.493 e. The van der Waals surface area contributed by atoms with Crippen LogP contribution in [0.5, 0.6) is 11.5 Å². The molecule has 2 aromatic rings. The van der Waals surface area contributed by atoms with Crippen molar-refractivity contribution in [1.29, 1.82) is 0 Å². The lowest BCUT2D eigenvalue weighted by Crippen LogP contribution is -2.35. The van der Waals surface area contributed by atoms with Gasteiger partial charge in [-0.3, -0.25) is 14.9 Å². The van der Waals surface area contributed by atoms with Crippen LogP contribution in [0.3, 0.4) is 0 Å². The molecule has 7 nitrogen and oxygen atoms in total. The SMILES string of the molecule is COc1cc2c(cc1OC)[C@H](c1ccc([N+](=O)[O-])cc1)NC(=O)C2. The highest BCUT2D eigenvalue weighted by molar-refractivity contribution is 5.82. The number of nitrogens with one attached hydrogen (secondary N) is 1. The van der Waals surface area contributed by atoms with E-state index in [4.69, 9.17) is 9.47 Å². The van der Waals surface area contributed by atoms with Gasteiger partial charge >= 0.3 is 0 Å². The number of rotatable bonds is 4. The zero-order valence-corrected chi connectivity index (χ0v) is 13.2. The Morgan fingerprint density at radius 2 is 1.75 bits per heavy atom. The zero-order valence-electron chi connectivity index (χ0n) is 13.2. The van der Waals surface area contributed by atoms with E-state index in [2.05, 4.69) is 5.32 Å². The van der Waals surface area contributed by atoms with Crippen molar-refractivity contribution in [1.82, 2.24) is 5.32 Å². The fourth-order valence-electron chi connectivity index (χ4n) is 2.87. The first-order valence-electron chi connectivity index (χ1n) is 7.32. The molecule has 124 valence electrons. The Kier molecular flexibility index (Phi) is 4.07. The molecule has 2 aromatic carbocycles. The van der Waals surface area contributed by atoms with Crippen LogP contribution < -0.4 is 14.8 Å². The van der Waals surface area contributed by atoms with Crippen LogP contribution in [0.25, 0.3) is 0 Å². The van der Waals surface area contributed by atoms with Crippen LogP contribution >= 0.6 is 0 Å². The highest BCUT2D eigenvalue weighted by Crippen LogP contribution is 2.37. The van der Waals surface area contributed by atoms with Gasteiger partial charge in [0.2, 0.25) is 5.91 Å². The molecule has 0 unspecified atom stereocenters. The number of non-ortho nitro benzene ring substituents is 1. The molecule has 0 bridgehead atoms. The van der Waals surface area contributed by atoms with Crippen molar-refractivity contribution in [3.8, 4) is 11.5 Å². The second-order valence-electron chi connectivity index (χ2n) is 5.43. The maximum Gasteiger partial charge on any atom is 0.269 e. The number of carbonyl (C=O) groups is 1. The highest BCUT2D eigenvalue weighted by Gasteiger charge is 2.28. The first-order chi connectivity index (χ1) is 11.5. The maximum atomic E-state index is 12.0. The second-order valence-corrected chi connectivity index (χ2v) is 5.43. The molecular weight excluding hydrogens is 312 g/mol. The van der Waals surface area contributed by atoms with Gasteiger partial charge in [-0.15, -0.1) is 0 Å². The first kappa shape index (κ1) is 15.8. The average Bonchev–Trinajstić information content (AvgIpc) is 2.59. The van der Waals surface area contributed by atoms with Crippen LogP contribution in [-0.2, 0) is 11.2 Å². The lowest BCUT2D eigenvalue weighted by Gasteiger charge is -2.28. The van der Waals surface area contributed by atoms with Gasteiger partial charge in [-0.05, 0) is 41.0 Å². The molecule has 7 heteroatoms. The van der Waals surface area contributed by atoms with Gasteiger partial charge < -0.3 is 14.8 Å². The molecule has 0 radical (unpaired) electrons. The maximum absolute atomic E-state index is 12.0. The van der Waals surface area contributed by atoms with Crippen molar-refractivity contribution in [3.05, 3.63) is 63.2 Å². The fraction of sp³-hybridized carbons (Fsp3) is 0.235. The standard InChI is InChI=1S/C17H16N2O5/c1-23-14-7-11-8-16(20)18-17(13(11)9-15(14)24-2)10-3-5-12(6-4-10)19(21)22/h3-7,9,17H,8H2,1-2H3,(H,18,20)/t17-/m0/s1. The highest BCUT2D eigenvalue weighted by atomic mass is 16.6. The molecular formula is C17H16N2O5. The van der Waals surface area contributed by atoms with Gasteiger partial charge in [0.15, 0.2) is 11.5 Å². The van der Waals surface area contributed by atoms with Crippen LogP contribution in [0.1, 0.15) is 22.7 Å². The summed E-state index contributed by atoms with van der Waals surface area (Å²) in [5, 5.41) is 13.7. The van der Waals surface area contributed by atoms with Gasteiger partial charge in [0.1, 0.15) is 0 Å². The zero-order chi connectivity index (χ0) is 17.3. The Morgan fingerprint density at radius 1 is 1.12 bits per heavy atom. The number of hydrogen-bond acceptors (Lipinski definition) is 5. The molecule has 1 amide bonds.